The molecule has 3 rings (SSSR count). The second kappa shape index (κ2) is 9.56. The Morgan fingerprint density at radius 3 is 2.59 bits per heavy atom. The predicted octanol–water partition coefficient (Wildman–Crippen LogP) is 5.40. The molecule has 1 aliphatic heterocycles. The predicted molar refractivity (Wildman–Crippen MR) is 123 cm³/mol. The zero-order valence-corrected chi connectivity index (χ0v) is 20.4. The summed E-state index contributed by atoms with van der Waals surface area (Å²) in [5.41, 5.74) is -1.16. The Labute approximate surface area is 197 Å². The molecule has 0 saturated heterocycles. The maximum atomic E-state index is 16.0. The molecular weight excluding hydrogens is 502 g/mol. The van der Waals surface area contributed by atoms with E-state index in [2.05, 4.69) is 20.7 Å². The molecule has 0 saturated carbocycles. The molecule has 0 aromatic heterocycles. The smallest absolute Gasteiger partial charge is 0.293 e. The molecule has 1 aliphatic rings. The fraction of sp³-hybridized carbons (Fsp3) is 0.435. The van der Waals surface area contributed by atoms with Gasteiger partial charge in [-0.2, -0.15) is 5.26 Å². The third kappa shape index (κ3) is 5.04. The third-order valence-corrected chi connectivity index (χ3v) is 7.37. The SMILES string of the molecule is CC(C)(C)[S@@](=O)N[C@]1(C(F)(F)COCC#N)CC(c2ccccc2)Oc2ccc(Br)cc21. The molecule has 5 nitrogen and oxygen atoms in total. The highest BCUT2D eigenvalue weighted by molar-refractivity contribution is 9.10. The lowest BCUT2D eigenvalue weighted by Crippen LogP contribution is -2.62. The number of rotatable bonds is 7. The summed E-state index contributed by atoms with van der Waals surface area (Å²) in [5, 5.41) is 8.76. The van der Waals surface area contributed by atoms with Crippen LogP contribution < -0.4 is 9.46 Å². The van der Waals surface area contributed by atoms with Gasteiger partial charge in [-0.1, -0.05) is 46.3 Å². The Morgan fingerprint density at radius 1 is 1.28 bits per heavy atom. The first kappa shape index (κ1) is 24.8. The van der Waals surface area contributed by atoms with Gasteiger partial charge in [0.1, 0.15) is 30.6 Å². The maximum Gasteiger partial charge on any atom is 0.293 e. The first-order chi connectivity index (χ1) is 15.0. The average Bonchev–Trinajstić information content (AvgIpc) is 2.73. The number of nitrogens with one attached hydrogen (secondary N) is 1. The molecule has 1 N–H and O–H groups in total. The van der Waals surface area contributed by atoms with Gasteiger partial charge < -0.3 is 9.47 Å². The molecule has 0 radical (unpaired) electrons. The molecule has 172 valence electrons. The van der Waals surface area contributed by atoms with E-state index in [-0.39, 0.29) is 17.7 Å². The van der Waals surface area contributed by atoms with Gasteiger partial charge in [-0.15, -0.1) is 0 Å². The molecule has 0 spiro atoms. The van der Waals surface area contributed by atoms with Crippen LogP contribution in [0, 0.1) is 11.3 Å². The van der Waals surface area contributed by atoms with Crippen molar-refractivity contribution in [3.63, 3.8) is 0 Å². The second-order valence-corrected chi connectivity index (χ2v) is 11.5. The highest BCUT2D eigenvalue weighted by Gasteiger charge is 2.60. The van der Waals surface area contributed by atoms with Gasteiger partial charge in [-0.25, -0.2) is 17.7 Å². The van der Waals surface area contributed by atoms with Gasteiger partial charge in [0, 0.05) is 16.5 Å². The van der Waals surface area contributed by atoms with E-state index in [0.29, 0.717) is 4.47 Å². The van der Waals surface area contributed by atoms with Gasteiger partial charge in [0.25, 0.3) is 5.92 Å². The number of alkyl halides is 2. The van der Waals surface area contributed by atoms with Crippen molar-refractivity contribution in [3.05, 3.63) is 64.1 Å². The van der Waals surface area contributed by atoms with Crippen molar-refractivity contribution in [2.75, 3.05) is 13.2 Å². The largest absolute Gasteiger partial charge is 0.485 e. The van der Waals surface area contributed by atoms with Crippen molar-refractivity contribution in [2.45, 2.75) is 49.5 Å². The fourth-order valence-electron chi connectivity index (χ4n) is 3.55. The Morgan fingerprint density at radius 2 is 1.97 bits per heavy atom. The van der Waals surface area contributed by atoms with Crippen molar-refractivity contribution >= 4 is 26.9 Å². The van der Waals surface area contributed by atoms with Gasteiger partial charge >= 0.3 is 0 Å². The van der Waals surface area contributed by atoms with Crippen molar-refractivity contribution in [2.24, 2.45) is 0 Å². The molecule has 2 aromatic carbocycles. The topological polar surface area (TPSA) is 71.3 Å². The molecule has 1 unspecified atom stereocenters. The summed E-state index contributed by atoms with van der Waals surface area (Å²) < 4.78 is 58.9. The molecule has 2 aromatic rings. The van der Waals surface area contributed by atoms with Crippen LogP contribution in [0.5, 0.6) is 5.75 Å². The van der Waals surface area contributed by atoms with E-state index >= 15 is 8.78 Å². The molecule has 0 aliphatic carbocycles. The number of halogens is 3. The summed E-state index contributed by atoms with van der Waals surface area (Å²) in [6, 6.07) is 15.7. The molecule has 0 bridgehead atoms. The number of hydrogen-bond donors (Lipinski definition) is 1. The monoisotopic (exact) mass is 526 g/mol. The second-order valence-electron chi connectivity index (χ2n) is 8.61. The van der Waals surface area contributed by atoms with Crippen molar-refractivity contribution in [3.8, 4) is 11.8 Å². The van der Waals surface area contributed by atoms with Crippen LogP contribution in [0.4, 0.5) is 8.78 Å². The highest BCUT2D eigenvalue weighted by atomic mass is 79.9. The van der Waals surface area contributed by atoms with E-state index in [9.17, 15) is 4.21 Å². The normalized spacial score (nSPS) is 21.8. The zero-order chi connectivity index (χ0) is 23.6. The van der Waals surface area contributed by atoms with Crippen LogP contribution in [0.2, 0.25) is 0 Å². The van der Waals surface area contributed by atoms with Gasteiger partial charge in [0.15, 0.2) is 0 Å². The van der Waals surface area contributed by atoms with Crippen LogP contribution in [-0.2, 0) is 21.3 Å². The first-order valence-electron chi connectivity index (χ1n) is 10.0. The summed E-state index contributed by atoms with van der Waals surface area (Å²) in [4.78, 5) is 0. The lowest BCUT2D eigenvalue weighted by Gasteiger charge is -2.47. The van der Waals surface area contributed by atoms with E-state index in [1.165, 1.54) is 0 Å². The number of fused-ring (bicyclic) bond motifs is 1. The maximum absolute atomic E-state index is 16.0. The van der Waals surface area contributed by atoms with Crippen molar-refractivity contribution < 1.29 is 22.5 Å². The Balaban J connectivity index is 2.20. The molecule has 0 amide bonds. The fourth-order valence-corrected chi connectivity index (χ4v) is 4.88. The van der Waals surface area contributed by atoms with Crippen molar-refractivity contribution in [1.29, 1.82) is 5.26 Å². The molecule has 9 heteroatoms. The van der Waals surface area contributed by atoms with Crippen molar-refractivity contribution in [1.82, 2.24) is 4.72 Å². The van der Waals surface area contributed by atoms with Crippen LogP contribution in [-0.4, -0.2) is 28.1 Å². The van der Waals surface area contributed by atoms with Gasteiger partial charge in [-0.3, -0.25) is 0 Å². The summed E-state index contributed by atoms with van der Waals surface area (Å²) in [6.45, 7) is 3.65. The number of ether oxygens (including phenoxy) is 2. The number of nitriles is 1. The van der Waals surface area contributed by atoms with E-state index in [1.54, 1.807) is 45.0 Å². The zero-order valence-electron chi connectivity index (χ0n) is 18.0. The van der Waals surface area contributed by atoms with Crippen LogP contribution in [0.25, 0.3) is 0 Å². The minimum atomic E-state index is -3.52. The van der Waals surface area contributed by atoms with E-state index in [1.807, 2.05) is 30.3 Å². The highest BCUT2D eigenvalue weighted by Crippen LogP contribution is 2.53. The lowest BCUT2D eigenvalue weighted by atomic mass is 9.76. The Kier molecular flexibility index (Phi) is 7.40. The summed E-state index contributed by atoms with van der Waals surface area (Å²) in [5.74, 6) is -3.25. The van der Waals surface area contributed by atoms with Crippen LogP contribution in [0.15, 0.2) is 53.0 Å². The molecular formula is C23H25BrF2N2O3S. The van der Waals surface area contributed by atoms with Gasteiger partial charge in [0.2, 0.25) is 0 Å². The van der Waals surface area contributed by atoms with E-state index in [0.717, 1.165) is 5.56 Å². The summed E-state index contributed by atoms with van der Waals surface area (Å²) in [7, 11) is -1.83. The lowest BCUT2D eigenvalue weighted by molar-refractivity contribution is -0.148. The number of hydrogen-bond acceptors (Lipinski definition) is 4. The first-order valence-corrected chi connectivity index (χ1v) is 12.0. The minimum absolute atomic E-state index is 0.183. The third-order valence-electron chi connectivity index (χ3n) is 5.23. The van der Waals surface area contributed by atoms with Crippen LogP contribution in [0.1, 0.15) is 44.4 Å². The van der Waals surface area contributed by atoms with Crippen LogP contribution in [0.3, 0.4) is 0 Å². The minimum Gasteiger partial charge on any atom is -0.485 e. The number of benzene rings is 2. The molecule has 3 atom stereocenters. The summed E-state index contributed by atoms with van der Waals surface area (Å²) in [6.07, 6.45) is -0.901. The number of nitrogens with zero attached hydrogens (tertiary/aromatic N) is 1. The van der Waals surface area contributed by atoms with Crippen LogP contribution >= 0.6 is 15.9 Å². The van der Waals surface area contributed by atoms with E-state index < -0.39 is 46.5 Å². The van der Waals surface area contributed by atoms with Gasteiger partial charge in [0.05, 0.1) is 21.8 Å². The Bertz CT molecular complexity index is 1020. The molecule has 32 heavy (non-hydrogen) atoms. The van der Waals surface area contributed by atoms with Gasteiger partial charge in [-0.05, 0) is 44.5 Å². The average molecular weight is 527 g/mol. The molecule has 1 heterocycles. The molecule has 0 fully saturated rings. The standard InChI is InChI=1S/C23H25BrF2N2O3S/c1-21(2,3)32(29)28-22(23(25,26)15-30-12-11-27)14-20(16-7-5-4-6-8-16)31-19-10-9-17(24)13-18(19)22/h4-10,13,20,28H,12,14-15H2,1-3H3/t20?,22-,32-/m1/s1. The summed E-state index contributed by atoms with van der Waals surface area (Å²) >= 11 is 3.36. The Hall–Kier alpha value is -1.86. The quantitative estimate of drug-likeness (QED) is 0.490. The van der Waals surface area contributed by atoms with E-state index in [4.69, 9.17) is 14.7 Å².